The zero-order valence-electron chi connectivity index (χ0n) is 10.1. The molecular formula is C12H17BrClNO2. The molecule has 0 radical (unpaired) electrons. The molecule has 0 saturated heterocycles. The van der Waals surface area contributed by atoms with Crippen LogP contribution in [0.4, 0.5) is 0 Å². The van der Waals surface area contributed by atoms with Gasteiger partial charge >= 0.3 is 0 Å². The third kappa shape index (κ3) is 5.70. The van der Waals surface area contributed by atoms with E-state index in [4.69, 9.17) is 21.1 Å². The van der Waals surface area contributed by atoms with E-state index in [0.717, 1.165) is 16.6 Å². The maximum absolute atomic E-state index is 5.81. The van der Waals surface area contributed by atoms with Gasteiger partial charge in [-0.05, 0) is 27.9 Å². The van der Waals surface area contributed by atoms with E-state index in [1.165, 1.54) is 0 Å². The Morgan fingerprint density at radius 3 is 2.82 bits per heavy atom. The summed E-state index contributed by atoms with van der Waals surface area (Å²) in [6.45, 7) is 6.04. The van der Waals surface area contributed by atoms with Gasteiger partial charge in [-0.3, -0.25) is 0 Å². The molecule has 0 aliphatic carbocycles. The minimum Gasteiger partial charge on any atom is -0.475 e. The molecule has 3 nitrogen and oxygen atoms in total. The first-order chi connectivity index (χ1) is 8.13. The summed E-state index contributed by atoms with van der Waals surface area (Å²) in [5.74, 6) is 1.50. The molecule has 1 heterocycles. The van der Waals surface area contributed by atoms with E-state index in [-0.39, 0.29) is 0 Å². The Labute approximate surface area is 116 Å². The highest BCUT2D eigenvalue weighted by Crippen LogP contribution is 2.21. The molecule has 0 unspecified atom stereocenters. The lowest BCUT2D eigenvalue weighted by atomic mass is 10.2. The van der Waals surface area contributed by atoms with Gasteiger partial charge in [0.1, 0.15) is 6.61 Å². The maximum Gasteiger partial charge on any atom is 0.217 e. The van der Waals surface area contributed by atoms with E-state index in [2.05, 4.69) is 34.8 Å². The highest BCUT2D eigenvalue weighted by molar-refractivity contribution is 9.10. The highest BCUT2D eigenvalue weighted by atomic mass is 79.9. The van der Waals surface area contributed by atoms with Crippen molar-refractivity contribution in [3.05, 3.63) is 22.3 Å². The van der Waals surface area contributed by atoms with Gasteiger partial charge in [-0.15, -0.1) is 11.6 Å². The van der Waals surface area contributed by atoms with Gasteiger partial charge in [0.25, 0.3) is 0 Å². The van der Waals surface area contributed by atoms with E-state index in [1.807, 2.05) is 6.07 Å². The SMILES string of the molecule is CC(C)COCCOc1ncc(Br)cc1CCl. The average Bonchev–Trinajstić information content (AvgIpc) is 2.29. The molecule has 0 fully saturated rings. The molecule has 1 aromatic rings. The Morgan fingerprint density at radius 1 is 1.41 bits per heavy atom. The molecule has 1 rings (SSSR count). The molecule has 0 amide bonds. The van der Waals surface area contributed by atoms with Gasteiger partial charge in [-0.25, -0.2) is 4.98 Å². The van der Waals surface area contributed by atoms with Crippen LogP contribution in [-0.4, -0.2) is 24.8 Å². The average molecular weight is 323 g/mol. The number of alkyl halides is 1. The van der Waals surface area contributed by atoms with Gasteiger partial charge in [0.15, 0.2) is 0 Å². The van der Waals surface area contributed by atoms with Gasteiger partial charge in [0.05, 0.1) is 12.5 Å². The minimum absolute atomic E-state index is 0.384. The number of halogens is 2. The molecule has 17 heavy (non-hydrogen) atoms. The van der Waals surface area contributed by atoms with Gasteiger partial charge in [-0.2, -0.15) is 0 Å². The molecular weight excluding hydrogens is 305 g/mol. The number of pyridine rings is 1. The third-order valence-electron chi connectivity index (χ3n) is 1.95. The zero-order chi connectivity index (χ0) is 12.7. The largest absolute Gasteiger partial charge is 0.475 e. The first-order valence-electron chi connectivity index (χ1n) is 5.54. The Kier molecular flexibility index (Phi) is 6.85. The number of hydrogen-bond donors (Lipinski definition) is 0. The van der Waals surface area contributed by atoms with Crippen LogP contribution >= 0.6 is 27.5 Å². The molecule has 0 saturated carbocycles. The Balaban J connectivity index is 2.36. The normalized spacial score (nSPS) is 10.9. The summed E-state index contributed by atoms with van der Waals surface area (Å²) in [7, 11) is 0. The maximum atomic E-state index is 5.81. The molecule has 96 valence electrons. The third-order valence-corrected chi connectivity index (χ3v) is 2.68. The highest BCUT2D eigenvalue weighted by Gasteiger charge is 2.05. The summed E-state index contributed by atoms with van der Waals surface area (Å²) < 4.78 is 11.8. The Morgan fingerprint density at radius 2 is 2.18 bits per heavy atom. The van der Waals surface area contributed by atoms with Gasteiger partial charge in [0.2, 0.25) is 5.88 Å². The molecule has 1 aromatic heterocycles. The zero-order valence-corrected chi connectivity index (χ0v) is 12.4. The van der Waals surface area contributed by atoms with Crippen LogP contribution in [0.1, 0.15) is 19.4 Å². The van der Waals surface area contributed by atoms with Crippen LogP contribution in [0.25, 0.3) is 0 Å². The fraction of sp³-hybridized carbons (Fsp3) is 0.583. The Bertz CT molecular complexity index is 347. The van der Waals surface area contributed by atoms with Crippen LogP contribution in [-0.2, 0) is 10.6 Å². The first kappa shape index (κ1) is 14.7. The Hall–Kier alpha value is -0.320. The standard InChI is InChI=1S/C12H17BrClNO2/c1-9(2)8-16-3-4-17-12-10(6-14)5-11(13)7-15-12/h5,7,9H,3-4,6,8H2,1-2H3. The van der Waals surface area contributed by atoms with Gasteiger partial charge < -0.3 is 9.47 Å². The molecule has 0 bridgehead atoms. The van der Waals surface area contributed by atoms with Crippen molar-refractivity contribution in [1.29, 1.82) is 0 Å². The smallest absolute Gasteiger partial charge is 0.217 e. The van der Waals surface area contributed by atoms with Crippen LogP contribution < -0.4 is 4.74 Å². The summed E-state index contributed by atoms with van der Waals surface area (Å²) >= 11 is 9.16. The molecule has 0 aromatic carbocycles. The van der Waals surface area contributed by atoms with Crippen LogP contribution in [0.5, 0.6) is 5.88 Å². The predicted octanol–water partition coefficient (Wildman–Crippen LogP) is 3.63. The van der Waals surface area contributed by atoms with Crippen molar-refractivity contribution in [2.24, 2.45) is 5.92 Å². The molecule has 0 N–H and O–H groups in total. The van der Waals surface area contributed by atoms with Crippen molar-refractivity contribution in [3.8, 4) is 5.88 Å². The summed E-state index contributed by atoms with van der Waals surface area (Å²) in [5, 5.41) is 0. The fourth-order valence-electron chi connectivity index (χ4n) is 1.21. The lowest BCUT2D eigenvalue weighted by molar-refractivity contribution is 0.0804. The second-order valence-electron chi connectivity index (χ2n) is 4.07. The lowest BCUT2D eigenvalue weighted by Crippen LogP contribution is -2.11. The molecule has 5 heteroatoms. The van der Waals surface area contributed by atoms with Gasteiger partial charge in [-0.1, -0.05) is 13.8 Å². The monoisotopic (exact) mass is 321 g/mol. The van der Waals surface area contributed by atoms with E-state index in [1.54, 1.807) is 6.20 Å². The lowest BCUT2D eigenvalue weighted by Gasteiger charge is -2.10. The molecule has 0 aliphatic rings. The minimum atomic E-state index is 0.384. The topological polar surface area (TPSA) is 31.4 Å². The van der Waals surface area contributed by atoms with Crippen molar-refractivity contribution < 1.29 is 9.47 Å². The summed E-state index contributed by atoms with van der Waals surface area (Å²) in [6.07, 6.45) is 1.69. The second kappa shape index (κ2) is 7.90. The van der Waals surface area contributed by atoms with E-state index >= 15 is 0 Å². The van der Waals surface area contributed by atoms with Crippen molar-refractivity contribution in [3.63, 3.8) is 0 Å². The van der Waals surface area contributed by atoms with Crippen LogP contribution in [0.2, 0.25) is 0 Å². The van der Waals surface area contributed by atoms with E-state index in [0.29, 0.717) is 30.9 Å². The van der Waals surface area contributed by atoms with Crippen molar-refractivity contribution in [2.75, 3.05) is 19.8 Å². The quantitative estimate of drug-likeness (QED) is 0.567. The predicted molar refractivity (Wildman–Crippen MR) is 72.6 cm³/mol. The summed E-state index contributed by atoms with van der Waals surface area (Å²) in [6, 6.07) is 1.91. The molecule has 0 aliphatic heterocycles. The number of aromatic nitrogens is 1. The van der Waals surface area contributed by atoms with E-state index < -0.39 is 0 Å². The van der Waals surface area contributed by atoms with Crippen molar-refractivity contribution in [2.45, 2.75) is 19.7 Å². The molecule has 0 atom stereocenters. The fourth-order valence-corrected chi connectivity index (χ4v) is 1.78. The number of ether oxygens (including phenoxy) is 2. The van der Waals surface area contributed by atoms with Crippen LogP contribution in [0.3, 0.4) is 0 Å². The van der Waals surface area contributed by atoms with E-state index in [9.17, 15) is 0 Å². The van der Waals surface area contributed by atoms with Crippen molar-refractivity contribution in [1.82, 2.24) is 4.98 Å². The van der Waals surface area contributed by atoms with Crippen molar-refractivity contribution >= 4 is 27.5 Å². The molecule has 0 spiro atoms. The number of rotatable bonds is 7. The summed E-state index contributed by atoms with van der Waals surface area (Å²) in [4.78, 5) is 4.17. The second-order valence-corrected chi connectivity index (χ2v) is 5.25. The number of nitrogens with zero attached hydrogens (tertiary/aromatic N) is 1. The van der Waals surface area contributed by atoms with Crippen LogP contribution in [0, 0.1) is 5.92 Å². The van der Waals surface area contributed by atoms with Crippen LogP contribution in [0.15, 0.2) is 16.7 Å². The van der Waals surface area contributed by atoms with Gasteiger partial charge in [0, 0.05) is 22.8 Å². The number of hydrogen-bond acceptors (Lipinski definition) is 3. The first-order valence-corrected chi connectivity index (χ1v) is 6.87. The summed E-state index contributed by atoms with van der Waals surface area (Å²) in [5.41, 5.74) is 0.880.